The number of piperazine rings is 1. The number of aryl methyl sites for hydroxylation is 2. The van der Waals surface area contributed by atoms with Gasteiger partial charge in [-0.3, -0.25) is 9.10 Å². The van der Waals surface area contributed by atoms with Crippen molar-refractivity contribution in [2.45, 2.75) is 31.8 Å². The van der Waals surface area contributed by atoms with E-state index in [9.17, 15) is 26.4 Å². The maximum absolute atomic E-state index is 13.6. The normalized spacial score (nSPS) is 14.5. The minimum atomic E-state index is -4.66. The number of anilines is 2. The van der Waals surface area contributed by atoms with Gasteiger partial charge in [-0.05, 0) is 68.3 Å². The largest absolute Gasteiger partial charge is 0.416 e. The second kappa shape index (κ2) is 10.7. The van der Waals surface area contributed by atoms with Gasteiger partial charge in [0, 0.05) is 31.9 Å². The first-order valence-electron chi connectivity index (χ1n) is 12.2. The summed E-state index contributed by atoms with van der Waals surface area (Å²) < 4.78 is 68.3. The molecule has 0 atom stereocenters. The summed E-state index contributed by atoms with van der Waals surface area (Å²) in [5.41, 5.74) is 3.03. The summed E-state index contributed by atoms with van der Waals surface area (Å²) in [5.74, 6) is -0.473. The van der Waals surface area contributed by atoms with Crippen molar-refractivity contribution in [3.05, 3.63) is 89.0 Å². The van der Waals surface area contributed by atoms with Crippen molar-refractivity contribution >= 4 is 27.3 Å². The SMILES string of the molecule is Cc1ccc(S(=O)(=O)N(CC(=O)N2CCN(c3cccc(C)c3C)CC2)c2cccc(C(F)(F)F)c2)cc1. The molecule has 0 unspecified atom stereocenters. The molecule has 0 spiro atoms. The Hall–Kier alpha value is -3.53. The highest BCUT2D eigenvalue weighted by Gasteiger charge is 2.34. The Kier molecular flexibility index (Phi) is 7.73. The van der Waals surface area contributed by atoms with Crippen LogP contribution >= 0.6 is 0 Å². The third-order valence-corrected chi connectivity index (χ3v) is 8.69. The van der Waals surface area contributed by atoms with Gasteiger partial charge in [-0.15, -0.1) is 0 Å². The highest BCUT2D eigenvalue weighted by Crippen LogP contribution is 2.33. The van der Waals surface area contributed by atoms with E-state index in [1.807, 2.05) is 32.0 Å². The number of nitrogens with zero attached hydrogens (tertiary/aromatic N) is 3. The summed E-state index contributed by atoms with van der Waals surface area (Å²) in [6.45, 7) is 7.12. The lowest BCUT2D eigenvalue weighted by Gasteiger charge is -2.38. The lowest BCUT2D eigenvalue weighted by atomic mass is 10.1. The second-order valence-corrected chi connectivity index (χ2v) is 11.3. The Balaban J connectivity index is 1.59. The number of hydrogen-bond acceptors (Lipinski definition) is 4. The number of benzene rings is 3. The van der Waals surface area contributed by atoms with Crippen LogP contribution in [0.4, 0.5) is 24.5 Å². The molecule has 10 heteroatoms. The van der Waals surface area contributed by atoms with E-state index in [-0.39, 0.29) is 10.6 Å². The summed E-state index contributed by atoms with van der Waals surface area (Å²) in [5, 5.41) is 0. The lowest BCUT2D eigenvalue weighted by Crippen LogP contribution is -2.52. The van der Waals surface area contributed by atoms with Crippen molar-refractivity contribution in [1.29, 1.82) is 0 Å². The van der Waals surface area contributed by atoms with Crippen LogP contribution in [0.15, 0.2) is 71.6 Å². The molecule has 0 aliphatic carbocycles. The molecule has 1 aliphatic rings. The van der Waals surface area contributed by atoms with Gasteiger partial charge >= 0.3 is 6.18 Å². The molecule has 6 nitrogen and oxygen atoms in total. The van der Waals surface area contributed by atoms with Crippen LogP contribution in [0.3, 0.4) is 0 Å². The Morgan fingerprint density at radius 3 is 2.16 bits per heavy atom. The summed E-state index contributed by atoms with van der Waals surface area (Å²) in [6.07, 6.45) is -4.66. The van der Waals surface area contributed by atoms with Crippen molar-refractivity contribution in [3.63, 3.8) is 0 Å². The minimum absolute atomic E-state index is 0.104. The lowest BCUT2D eigenvalue weighted by molar-refractivity contribution is -0.137. The summed E-state index contributed by atoms with van der Waals surface area (Å²) in [4.78, 5) is 17.0. The van der Waals surface area contributed by atoms with Crippen molar-refractivity contribution in [2.75, 3.05) is 41.9 Å². The number of halogens is 3. The minimum Gasteiger partial charge on any atom is -0.368 e. The van der Waals surface area contributed by atoms with E-state index < -0.39 is 34.2 Å². The molecule has 0 radical (unpaired) electrons. The molecule has 4 rings (SSSR count). The van der Waals surface area contributed by atoms with Gasteiger partial charge in [0.25, 0.3) is 10.0 Å². The average molecular weight is 546 g/mol. The maximum atomic E-state index is 13.6. The van der Waals surface area contributed by atoms with Crippen LogP contribution in [0.1, 0.15) is 22.3 Å². The number of hydrogen-bond donors (Lipinski definition) is 0. The van der Waals surface area contributed by atoms with Gasteiger partial charge in [-0.1, -0.05) is 35.9 Å². The molecular weight excluding hydrogens is 515 g/mol. The first kappa shape index (κ1) is 27.5. The zero-order valence-electron chi connectivity index (χ0n) is 21.5. The van der Waals surface area contributed by atoms with E-state index in [2.05, 4.69) is 4.90 Å². The molecule has 1 aliphatic heterocycles. The van der Waals surface area contributed by atoms with Crippen LogP contribution in [-0.2, 0) is 21.0 Å². The fourth-order valence-electron chi connectivity index (χ4n) is 4.49. The van der Waals surface area contributed by atoms with Gasteiger partial charge in [-0.2, -0.15) is 13.2 Å². The van der Waals surface area contributed by atoms with Crippen LogP contribution in [0.2, 0.25) is 0 Å². The van der Waals surface area contributed by atoms with E-state index in [1.165, 1.54) is 23.8 Å². The number of rotatable bonds is 6. The molecule has 1 fully saturated rings. The predicted octanol–water partition coefficient (Wildman–Crippen LogP) is 5.17. The van der Waals surface area contributed by atoms with E-state index in [0.29, 0.717) is 26.2 Å². The zero-order valence-corrected chi connectivity index (χ0v) is 22.3. The van der Waals surface area contributed by atoms with Gasteiger partial charge in [0.2, 0.25) is 5.91 Å². The second-order valence-electron chi connectivity index (χ2n) is 9.46. The van der Waals surface area contributed by atoms with Gasteiger partial charge < -0.3 is 9.80 Å². The third-order valence-electron chi connectivity index (χ3n) is 6.90. The number of carbonyl (C=O) groups is 1. The molecule has 3 aromatic rings. The number of alkyl halides is 3. The Bertz CT molecular complexity index is 1420. The molecule has 1 heterocycles. The highest BCUT2D eigenvalue weighted by atomic mass is 32.2. The van der Waals surface area contributed by atoms with Gasteiger partial charge in [0.05, 0.1) is 16.1 Å². The molecule has 0 saturated carbocycles. The molecule has 0 bridgehead atoms. The topological polar surface area (TPSA) is 60.9 Å². The van der Waals surface area contributed by atoms with Crippen LogP contribution in [-0.4, -0.2) is 51.9 Å². The fourth-order valence-corrected chi connectivity index (χ4v) is 5.89. The van der Waals surface area contributed by atoms with Gasteiger partial charge in [0.15, 0.2) is 0 Å². The number of amides is 1. The number of sulfonamides is 1. The third kappa shape index (κ3) is 5.80. The maximum Gasteiger partial charge on any atom is 0.416 e. The molecule has 202 valence electrons. The van der Waals surface area contributed by atoms with Gasteiger partial charge in [-0.25, -0.2) is 8.42 Å². The summed E-state index contributed by atoms with van der Waals surface area (Å²) in [7, 11) is -4.32. The summed E-state index contributed by atoms with van der Waals surface area (Å²) in [6, 6.07) is 16.1. The number of carbonyl (C=O) groups excluding carboxylic acids is 1. The van der Waals surface area contributed by atoms with Crippen LogP contribution in [0, 0.1) is 20.8 Å². The predicted molar refractivity (Wildman–Crippen MR) is 142 cm³/mol. The highest BCUT2D eigenvalue weighted by molar-refractivity contribution is 7.92. The van der Waals surface area contributed by atoms with E-state index in [0.717, 1.165) is 39.3 Å². The smallest absolute Gasteiger partial charge is 0.368 e. The molecule has 1 amide bonds. The van der Waals surface area contributed by atoms with Crippen molar-refractivity contribution in [2.24, 2.45) is 0 Å². The van der Waals surface area contributed by atoms with Crippen LogP contribution < -0.4 is 9.21 Å². The van der Waals surface area contributed by atoms with Crippen LogP contribution in [0.5, 0.6) is 0 Å². The monoisotopic (exact) mass is 545 g/mol. The first-order valence-corrected chi connectivity index (χ1v) is 13.7. The fraction of sp³-hybridized carbons (Fsp3) is 0.321. The van der Waals surface area contributed by atoms with Crippen molar-refractivity contribution in [3.8, 4) is 0 Å². The zero-order chi connectivity index (χ0) is 27.7. The van der Waals surface area contributed by atoms with Crippen molar-refractivity contribution in [1.82, 2.24) is 4.90 Å². The molecule has 0 aromatic heterocycles. The molecule has 0 N–H and O–H groups in total. The van der Waals surface area contributed by atoms with Crippen LogP contribution in [0.25, 0.3) is 0 Å². The molecule has 3 aromatic carbocycles. The molecular formula is C28H30F3N3O3S. The Morgan fingerprint density at radius 2 is 1.53 bits per heavy atom. The van der Waals surface area contributed by atoms with E-state index in [1.54, 1.807) is 24.0 Å². The summed E-state index contributed by atoms with van der Waals surface area (Å²) >= 11 is 0. The average Bonchev–Trinajstić information content (AvgIpc) is 2.88. The molecule has 38 heavy (non-hydrogen) atoms. The Morgan fingerprint density at radius 1 is 0.895 bits per heavy atom. The quantitative estimate of drug-likeness (QED) is 0.429. The van der Waals surface area contributed by atoms with E-state index >= 15 is 0 Å². The van der Waals surface area contributed by atoms with Crippen molar-refractivity contribution < 1.29 is 26.4 Å². The standard InChI is InChI=1S/C28H30F3N3O3S/c1-20-10-12-25(13-11-20)38(36,37)34(24-8-5-7-23(18-24)28(29,30)31)19-27(35)33-16-14-32(15-17-33)26-9-4-6-21(2)22(26)3/h4-13,18H,14-17,19H2,1-3H3. The first-order chi connectivity index (χ1) is 17.9. The Labute approximate surface area is 221 Å². The van der Waals surface area contributed by atoms with Gasteiger partial charge in [0.1, 0.15) is 6.54 Å². The van der Waals surface area contributed by atoms with E-state index in [4.69, 9.17) is 0 Å². The molecule has 1 saturated heterocycles.